The van der Waals surface area contributed by atoms with Crippen molar-refractivity contribution in [3.05, 3.63) is 30.9 Å². The van der Waals surface area contributed by atoms with Crippen LogP contribution in [0.3, 0.4) is 0 Å². The van der Waals surface area contributed by atoms with E-state index in [0.29, 0.717) is 0 Å². The SMILES string of the molecule is c1cnn(-c2cncc(N3CCCCCCC3)n2)c1. The summed E-state index contributed by atoms with van der Waals surface area (Å²) >= 11 is 0. The topological polar surface area (TPSA) is 46.8 Å². The molecule has 0 saturated carbocycles. The molecule has 1 saturated heterocycles. The third-order valence-electron chi connectivity index (χ3n) is 3.53. The molecule has 3 rings (SSSR count). The molecule has 1 aliphatic heterocycles. The van der Waals surface area contributed by atoms with Crippen LogP contribution in [-0.2, 0) is 0 Å². The highest BCUT2D eigenvalue weighted by Gasteiger charge is 2.11. The molecule has 0 bridgehead atoms. The van der Waals surface area contributed by atoms with Crippen molar-refractivity contribution in [3.8, 4) is 5.82 Å². The minimum Gasteiger partial charge on any atom is -0.355 e. The summed E-state index contributed by atoms with van der Waals surface area (Å²) in [4.78, 5) is 11.3. The van der Waals surface area contributed by atoms with Gasteiger partial charge in [0, 0.05) is 25.5 Å². The number of nitrogens with zero attached hydrogens (tertiary/aromatic N) is 5. The van der Waals surface area contributed by atoms with Crippen molar-refractivity contribution in [3.63, 3.8) is 0 Å². The van der Waals surface area contributed by atoms with Gasteiger partial charge >= 0.3 is 0 Å². The molecule has 1 aliphatic rings. The Hall–Kier alpha value is -1.91. The van der Waals surface area contributed by atoms with Gasteiger partial charge in [-0.15, -0.1) is 0 Å². The molecule has 0 radical (unpaired) electrons. The van der Waals surface area contributed by atoms with Gasteiger partial charge in [0.25, 0.3) is 0 Å². The average molecular weight is 257 g/mol. The predicted octanol–water partition coefficient (Wildman–Crippen LogP) is 2.43. The van der Waals surface area contributed by atoms with E-state index in [4.69, 9.17) is 0 Å². The molecule has 0 aromatic carbocycles. The van der Waals surface area contributed by atoms with Gasteiger partial charge in [0.2, 0.25) is 0 Å². The van der Waals surface area contributed by atoms with Crippen molar-refractivity contribution in [2.24, 2.45) is 0 Å². The summed E-state index contributed by atoms with van der Waals surface area (Å²) < 4.78 is 1.75. The Labute approximate surface area is 113 Å². The lowest BCUT2D eigenvalue weighted by atomic mass is 10.1. The molecule has 2 aromatic rings. The van der Waals surface area contributed by atoms with E-state index < -0.39 is 0 Å². The zero-order chi connectivity index (χ0) is 12.9. The molecular weight excluding hydrogens is 238 g/mol. The third-order valence-corrected chi connectivity index (χ3v) is 3.53. The van der Waals surface area contributed by atoms with Crippen molar-refractivity contribution < 1.29 is 0 Å². The van der Waals surface area contributed by atoms with Crippen LogP contribution in [0.15, 0.2) is 30.9 Å². The highest BCUT2D eigenvalue weighted by molar-refractivity contribution is 5.39. The fraction of sp³-hybridized carbons (Fsp3) is 0.500. The first kappa shape index (κ1) is 12.1. The lowest BCUT2D eigenvalue weighted by molar-refractivity contribution is 0.553. The number of aromatic nitrogens is 4. The van der Waals surface area contributed by atoms with Crippen LogP contribution in [-0.4, -0.2) is 32.8 Å². The first-order valence-electron chi connectivity index (χ1n) is 7.00. The summed E-state index contributed by atoms with van der Waals surface area (Å²) in [5.41, 5.74) is 0. The van der Waals surface area contributed by atoms with Crippen molar-refractivity contribution in [2.45, 2.75) is 32.1 Å². The van der Waals surface area contributed by atoms with Crippen molar-refractivity contribution >= 4 is 5.82 Å². The quantitative estimate of drug-likeness (QED) is 0.829. The van der Waals surface area contributed by atoms with Gasteiger partial charge in [0.1, 0.15) is 5.82 Å². The minimum absolute atomic E-state index is 0.782. The molecular formula is C14H19N5. The first-order chi connectivity index (χ1) is 9.43. The zero-order valence-corrected chi connectivity index (χ0v) is 11.1. The molecule has 0 N–H and O–H groups in total. The molecule has 0 amide bonds. The Balaban J connectivity index is 1.81. The number of rotatable bonds is 2. The average Bonchev–Trinajstić information content (AvgIpc) is 2.92. The molecule has 100 valence electrons. The van der Waals surface area contributed by atoms with Gasteiger partial charge in [0.15, 0.2) is 5.82 Å². The van der Waals surface area contributed by atoms with Gasteiger partial charge in [-0.1, -0.05) is 19.3 Å². The van der Waals surface area contributed by atoms with E-state index in [1.54, 1.807) is 17.1 Å². The first-order valence-corrected chi connectivity index (χ1v) is 7.00. The second-order valence-corrected chi connectivity index (χ2v) is 4.94. The van der Waals surface area contributed by atoms with Gasteiger partial charge in [-0.3, -0.25) is 4.98 Å². The van der Waals surface area contributed by atoms with E-state index in [1.807, 2.05) is 18.5 Å². The van der Waals surface area contributed by atoms with Crippen LogP contribution in [0.4, 0.5) is 5.82 Å². The predicted molar refractivity (Wildman–Crippen MR) is 74.5 cm³/mol. The highest BCUT2D eigenvalue weighted by Crippen LogP contribution is 2.17. The maximum Gasteiger partial charge on any atom is 0.173 e. The molecule has 2 aromatic heterocycles. The Morgan fingerprint density at radius 3 is 2.37 bits per heavy atom. The Morgan fingerprint density at radius 1 is 0.895 bits per heavy atom. The van der Waals surface area contributed by atoms with Gasteiger partial charge in [0.05, 0.1) is 12.4 Å². The Morgan fingerprint density at radius 2 is 1.63 bits per heavy atom. The van der Waals surface area contributed by atoms with Gasteiger partial charge in [-0.05, 0) is 18.9 Å². The van der Waals surface area contributed by atoms with Crippen LogP contribution in [0.1, 0.15) is 32.1 Å². The van der Waals surface area contributed by atoms with Gasteiger partial charge < -0.3 is 4.90 Å². The summed E-state index contributed by atoms with van der Waals surface area (Å²) in [6.07, 6.45) is 13.8. The number of hydrogen-bond donors (Lipinski definition) is 0. The van der Waals surface area contributed by atoms with Crippen molar-refractivity contribution in [1.29, 1.82) is 0 Å². The fourth-order valence-electron chi connectivity index (χ4n) is 2.49. The fourth-order valence-corrected chi connectivity index (χ4v) is 2.49. The standard InChI is InChI=1S/C14H19N5/c1-2-4-8-18(9-5-3-1)13-11-15-12-14(17-13)19-10-6-7-16-19/h6-7,10-12H,1-5,8-9H2. The van der Waals surface area contributed by atoms with Crippen LogP contribution in [0.5, 0.6) is 0 Å². The number of anilines is 1. The maximum absolute atomic E-state index is 4.68. The highest BCUT2D eigenvalue weighted by atomic mass is 15.3. The summed E-state index contributed by atoms with van der Waals surface area (Å²) in [6.45, 7) is 2.16. The molecule has 0 spiro atoms. The Bertz CT molecular complexity index is 500. The minimum atomic E-state index is 0.782. The smallest absolute Gasteiger partial charge is 0.173 e. The van der Waals surface area contributed by atoms with Gasteiger partial charge in [-0.2, -0.15) is 5.10 Å². The molecule has 0 aliphatic carbocycles. The van der Waals surface area contributed by atoms with Crippen LogP contribution < -0.4 is 4.90 Å². The molecule has 1 fully saturated rings. The van der Waals surface area contributed by atoms with Crippen LogP contribution in [0, 0.1) is 0 Å². The van der Waals surface area contributed by atoms with E-state index in [-0.39, 0.29) is 0 Å². The van der Waals surface area contributed by atoms with Crippen molar-refractivity contribution in [1.82, 2.24) is 19.7 Å². The van der Waals surface area contributed by atoms with Gasteiger partial charge in [-0.25, -0.2) is 9.67 Å². The Kier molecular flexibility index (Phi) is 3.72. The summed E-state index contributed by atoms with van der Waals surface area (Å²) in [5.74, 6) is 1.75. The largest absolute Gasteiger partial charge is 0.355 e. The molecule has 19 heavy (non-hydrogen) atoms. The lowest BCUT2D eigenvalue weighted by Gasteiger charge is -2.25. The van der Waals surface area contributed by atoms with Crippen LogP contribution in [0.25, 0.3) is 5.82 Å². The normalized spacial score (nSPS) is 16.9. The van der Waals surface area contributed by atoms with Crippen LogP contribution >= 0.6 is 0 Å². The van der Waals surface area contributed by atoms with E-state index in [2.05, 4.69) is 20.0 Å². The summed E-state index contributed by atoms with van der Waals surface area (Å²) in [6, 6.07) is 1.89. The summed E-state index contributed by atoms with van der Waals surface area (Å²) in [5, 5.41) is 4.20. The monoisotopic (exact) mass is 257 g/mol. The second kappa shape index (κ2) is 5.82. The molecule has 0 unspecified atom stereocenters. The molecule has 5 nitrogen and oxygen atoms in total. The number of hydrogen-bond acceptors (Lipinski definition) is 4. The van der Waals surface area contributed by atoms with Crippen LogP contribution in [0.2, 0.25) is 0 Å². The lowest BCUT2D eigenvalue weighted by Crippen LogP contribution is -2.28. The molecule has 3 heterocycles. The van der Waals surface area contributed by atoms with E-state index in [0.717, 1.165) is 24.7 Å². The maximum atomic E-state index is 4.68. The third kappa shape index (κ3) is 2.92. The molecule has 0 atom stereocenters. The van der Waals surface area contributed by atoms with Crippen molar-refractivity contribution in [2.75, 3.05) is 18.0 Å². The molecule has 5 heteroatoms. The van der Waals surface area contributed by atoms with E-state index >= 15 is 0 Å². The van der Waals surface area contributed by atoms with E-state index in [9.17, 15) is 0 Å². The second-order valence-electron chi connectivity index (χ2n) is 4.94. The van der Waals surface area contributed by atoms with E-state index in [1.165, 1.54) is 32.1 Å². The zero-order valence-electron chi connectivity index (χ0n) is 11.1. The summed E-state index contributed by atoms with van der Waals surface area (Å²) in [7, 11) is 0.